The largest absolute Gasteiger partial charge is 0.356 e. The first-order valence-corrected chi connectivity index (χ1v) is 6.93. The molecule has 0 aliphatic heterocycles. The maximum atomic E-state index is 11.4. The molecule has 0 bridgehead atoms. The van der Waals surface area contributed by atoms with E-state index in [1.54, 1.807) is 6.92 Å². The quantitative estimate of drug-likeness (QED) is 0.564. The van der Waals surface area contributed by atoms with Gasteiger partial charge in [0.15, 0.2) is 0 Å². The van der Waals surface area contributed by atoms with Crippen LogP contribution in [0.2, 0.25) is 0 Å². The van der Waals surface area contributed by atoms with Crippen LogP contribution >= 0.6 is 0 Å². The van der Waals surface area contributed by atoms with Crippen LogP contribution in [0.25, 0.3) is 0 Å². The number of nitrogens with one attached hydrogen (secondary N) is 1. The molecule has 0 rings (SSSR count). The second-order valence-corrected chi connectivity index (χ2v) is 4.64. The molecule has 3 nitrogen and oxygen atoms in total. The molecule has 0 heterocycles. The third-order valence-corrected chi connectivity index (χ3v) is 2.82. The molecule has 0 atom stereocenters. The topological polar surface area (TPSA) is 46.2 Å². The fraction of sp³-hybridized carbons (Fsp3) is 0.857. The van der Waals surface area contributed by atoms with E-state index in [1.807, 2.05) is 0 Å². The first kappa shape index (κ1) is 16.1. The van der Waals surface area contributed by atoms with Crippen LogP contribution < -0.4 is 5.32 Å². The standard InChI is InChI=1S/C14H27NO2/c1-3-4-10-14(17)11-8-6-5-7-9-12-15-13(2)16/h3-12H2,1-2H3,(H,15,16). The molecule has 0 aromatic rings. The Bertz CT molecular complexity index is 214. The van der Waals surface area contributed by atoms with Gasteiger partial charge in [0.2, 0.25) is 5.91 Å². The van der Waals surface area contributed by atoms with E-state index < -0.39 is 0 Å². The number of unbranched alkanes of at least 4 members (excludes halogenated alkanes) is 5. The molecule has 0 aliphatic carbocycles. The number of amides is 1. The van der Waals surface area contributed by atoms with Gasteiger partial charge in [-0.25, -0.2) is 0 Å². The molecule has 1 amide bonds. The number of Topliss-reactive ketones (excluding diaryl/α,β-unsaturated/α-hetero) is 1. The maximum Gasteiger partial charge on any atom is 0.216 e. The highest BCUT2D eigenvalue weighted by Gasteiger charge is 2.00. The van der Waals surface area contributed by atoms with E-state index in [9.17, 15) is 9.59 Å². The average Bonchev–Trinajstić information content (AvgIpc) is 2.29. The molecule has 0 aromatic carbocycles. The van der Waals surface area contributed by atoms with Crippen molar-refractivity contribution < 1.29 is 9.59 Å². The summed E-state index contributed by atoms with van der Waals surface area (Å²) in [5.41, 5.74) is 0. The van der Waals surface area contributed by atoms with E-state index >= 15 is 0 Å². The first-order chi connectivity index (χ1) is 8.16. The Morgan fingerprint density at radius 1 is 0.882 bits per heavy atom. The van der Waals surface area contributed by atoms with Crippen LogP contribution in [0, 0.1) is 0 Å². The molecule has 0 spiro atoms. The summed E-state index contributed by atoms with van der Waals surface area (Å²) in [6.45, 7) is 4.44. The summed E-state index contributed by atoms with van der Waals surface area (Å²) in [6, 6.07) is 0. The number of carbonyl (C=O) groups excluding carboxylic acids is 2. The van der Waals surface area contributed by atoms with E-state index in [2.05, 4.69) is 12.2 Å². The highest BCUT2D eigenvalue weighted by molar-refractivity contribution is 5.78. The molecule has 3 heteroatoms. The Morgan fingerprint density at radius 2 is 1.47 bits per heavy atom. The Hall–Kier alpha value is -0.860. The molecule has 0 saturated heterocycles. The van der Waals surface area contributed by atoms with Gasteiger partial charge in [-0.3, -0.25) is 9.59 Å². The zero-order valence-corrected chi connectivity index (χ0v) is 11.4. The van der Waals surface area contributed by atoms with Crippen molar-refractivity contribution in [1.29, 1.82) is 0 Å². The van der Waals surface area contributed by atoms with E-state index in [0.29, 0.717) is 5.78 Å². The second-order valence-electron chi connectivity index (χ2n) is 4.64. The summed E-state index contributed by atoms with van der Waals surface area (Å²) in [4.78, 5) is 22.0. The van der Waals surface area contributed by atoms with Gasteiger partial charge in [-0.15, -0.1) is 0 Å². The van der Waals surface area contributed by atoms with Crippen molar-refractivity contribution in [1.82, 2.24) is 5.32 Å². The van der Waals surface area contributed by atoms with Gasteiger partial charge in [0, 0.05) is 26.3 Å². The van der Waals surface area contributed by atoms with Crippen molar-refractivity contribution >= 4 is 11.7 Å². The predicted molar refractivity (Wildman–Crippen MR) is 70.9 cm³/mol. The van der Waals surface area contributed by atoms with Crippen LogP contribution in [0.5, 0.6) is 0 Å². The molecular formula is C14H27NO2. The summed E-state index contributed by atoms with van der Waals surface area (Å²) in [5.74, 6) is 0.469. The Kier molecular flexibility index (Phi) is 11.0. The smallest absolute Gasteiger partial charge is 0.216 e. The lowest BCUT2D eigenvalue weighted by molar-refractivity contribution is -0.120. The molecule has 0 unspecified atom stereocenters. The van der Waals surface area contributed by atoms with E-state index in [0.717, 1.165) is 57.9 Å². The molecular weight excluding hydrogens is 214 g/mol. The van der Waals surface area contributed by atoms with Gasteiger partial charge in [0.25, 0.3) is 0 Å². The lowest BCUT2D eigenvalue weighted by Crippen LogP contribution is -2.20. The molecule has 0 aliphatic rings. The minimum atomic E-state index is 0.0477. The van der Waals surface area contributed by atoms with Crippen LogP contribution in [-0.2, 0) is 9.59 Å². The van der Waals surface area contributed by atoms with Crippen molar-refractivity contribution in [3.63, 3.8) is 0 Å². The SMILES string of the molecule is CCCCC(=O)CCCCCCCNC(C)=O. The van der Waals surface area contributed by atoms with Crippen LogP contribution in [0.1, 0.15) is 71.6 Å². The Balaban J connectivity index is 3.12. The van der Waals surface area contributed by atoms with Gasteiger partial charge in [-0.2, -0.15) is 0 Å². The average molecular weight is 241 g/mol. The van der Waals surface area contributed by atoms with Crippen molar-refractivity contribution in [2.24, 2.45) is 0 Å². The fourth-order valence-corrected chi connectivity index (χ4v) is 1.74. The Morgan fingerprint density at radius 3 is 2.12 bits per heavy atom. The van der Waals surface area contributed by atoms with Crippen LogP contribution in [0.4, 0.5) is 0 Å². The summed E-state index contributed by atoms with van der Waals surface area (Å²) in [5, 5.41) is 2.78. The third kappa shape index (κ3) is 13.1. The van der Waals surface area contributed by atoms with Gasteiger partial charge >= 0.3 is 0 Å². The van der Waals surface area contributed by atoms with E-state index in [1.165, 1.54) is 6.42 Å². The molecule has 1 N–H and O–H groups in total. The highest BCUT2D eigenvalue weighted by atomic mass is 16.1. The van der Waals surface area contributed by atoms with Crippen LogP contribution in [-0.4, -0.2) is 18.2 Å². The summed E-state index contributed by atoms with van der Waals surface area (Å²) < 4.78 is 0. The zero-order valence-electron chi connectivity index (χ0n) is 11.4. The molecule has 0 aromatic heterocycles. The summed E-state index contributed by atoms with van der Waals surface area (Å²) in [6.07, 6.45) is 9.18. The first-order valence-electron chi connectivity index (χ1n) is 6.93. The molecule has 0 fully saturated rings. The van der Waals surface area contributed by atoms with Gasteiger partial charge in [-0.1, -0.05) is 32.6 Å². The molecule has 100 valence electrons. The minimum Gasteiger partial charge on any atom is -0.356 e. The maximum absolute atomic E-state index is 11.4. The van der Waals surface area contributed by atoms with Gasteiger partial charge in [0.05, 0.1) is 0 Å². The van der Waals surface area contributed by atoms with E-state index in [4.69, 9.17) is 0 Å². The second kappa shape index (κ2) is 11.6. The monoisotopic (exact) mass is 241 g/mol. The van der Waals surface area contributed by atoms with Gasteiger partial charge in [0.1, 0.15) is 5.78 Å². The molecule has 0 radical (unpaired) electrons. The lowest BCUT2D eigenvalue weighted by Gasteiger charge is -2.02. The van der Waals surface area contributed by atoms with E-state index in [-0.39, 0.29) is 5.91 Å². The fourth-order valence-electron chi connectivity index (χ4n) is 1.74. The lowest BCUT2D eigenvalue weighted by atomic mass is 10.1. The predicted octanol–water partition coefficient (Wildman–Crippen LogP) is 3.22. The number of carbonyl (C=O) groups is 2. The van der Waals surface area contributed by atoms with Crippen LogP contribution in [0.15, 0.2) is 0 Å². The van der Waals surface area contributed by atoms with Gasteiger partial charge < -0.3 is 5.32 Å². The number of hydrogen-bond acceptors (Lipinski definition) is 2. The third-order valence-electron chi connectivity index (χ3n) is 2.82. The van der Waals surface area contributed by atoms with Crippen molar-refractivity contribution in [2.75, 3.05) is 6.54 Å². The number of hydrogen-bond donors (Lipinski definition) is 1. The normalized spacial score (nSPS) is 10.2. The summed E-state index contributed by atoms with van der Waals surface area (Å²) in [7, 11) is 0. The van der Waals surface area contributed by atoms with Gasteiger partial charge in [-0.05, 0) is 19.3 Å². The summed E-state index contributed by atoms with van der Waals surface area (Å²) >= 11 is 0. The van der Waals surface area contributed by atoms with Crippen molar-refractivity contribution in [3.05, 3.63) is 0 Å². The highest BCUT2D eigenvalue weighted by Crippen LogP contribution is 2.07. The zero-order chi connectivity index (χ0) is 12.9. The molecule has 17 heavy (non-hydrogen) atoms. The molecule has 0 saturated carbocycles. The van der Waals surface area contributed by atoms with Crippen molar-refractivity contribution in [2.45, 2.75) is 71.6 Å². The number of ketones is 1. The number of rotatable bonds is 11. The van der Waals surface area contributed by atoms with Crippen molar-refractivity contribution in [3.8, 4) is 0 Å². The Labute approximate surface area is 105 Å². The van der Waals surface area contributed by atoms with Crippen LogP contribution in [0.3, 0.4) is 0 Å². The minimum absolute atomic E-state index is 0.0477.